The molecule has 36 heavy (non-hydrogen) atoms. The first-order chi connectivity index (χ1) is 17.1. The van der Waals surface area contributed by atoms with Gasteiger partial charge in [0.15, 0.2) is 0 Å². The van der Waals surface area contributed by atoms with Crippen LogP contribution in [0.4, 0.5) is 10.1 Å². The summed E-state index contributed by atoms with van der Waals surface area (Å²) in [4.78, 5) is 30.1. The quantitative estimate of drug-likeness (QED) is 0.397. The van der Waals surface area contributed by atoms with Gasteiger partial charge >= 0.3 is 0 Å². The van der Waals surface area contributed by atoms with E-state index in [1.54, 1.807) is 18.2 Å². The van der Waals surface area contributed by atoms with Crippen molar-refractivity contribution in [3.63, 3.8) is 0 Å². The van der Waals surface area contributed by atoms with Gasteiger partial charge in [-0.15, -0.1) is 21.5 Å². The van der Waals surface area contributed by atoms with E-state index in [4.69, 9.17) is 0 Å². The largest absolute Gasteiger partial charge is 0.349 e. The number of nitrogens with one attached hydrogen (secondary N) is 1. The highest BCUT2D eigenvalue weighted by atomic mass is 32.1. The average molecular weight is 507 g/mol. The Morgan fingerprint density at radius 1 is 1.08 bits per heavy atom. The van der Waals surface area contributed by atoms with Crippen molar-refractivity contribution < 1.29 is 14.0 Å². The number of hydrogen-bond donors (Lipinski definition) is 1. The van der Waals surface area contributed by atoms with Gasteiger partial charge in [0.05, 0.1) is 5.69 Å². The van der Waals surface area contributed by atoms with Crippen LogP contribution in [0.25, 0.3) is 11.4 Å². The van der Waals surface area contributed by atoms with E-state index in [-0.39, 0.29) is 12.2 Å². The molecular weight excluding hydrogens is 479 g/mol. The molecular formula is C26H27FN6O2S. The summed E-state index contributed by atoms with van der Waals surface area (Å²) in [5, 5.41) is 17.1. The van der Waals surface area contributed by atoms with Gasteiger partial charge in [0.25, 0.3) is 5.91 Å². The fraction of sp³-hybridized carbons (Fsp3) is 0.269. The number of carbonyl (C=O) groups is 2. The van der Waals surface area contributed by atoms with Crippen molar-refractivity contribution >= 4 is 28.8 Å². The van der Waals surface area contributed by atoms with E-state index in [1.807, 2.05) is 57.3 Å². The van der Waals surface area contributed by atoms with E-state index in [2.05, 4.69) is 20.7 Å². The predicted molar refractivity (Wildman–Crippen MR) is 137 cm³/mol. The number of para-hydroxylation sites is 1. The molecule has 1 N–H and O–H groups in total. The molecule has 1 atom stereocenters. The van der Waals surface area contributed by atoms with Crippen molar-refractivity contribution in [2.24, 2.45) is 0 Å². The molecule has 2 aromatic carbocycles. The first kappa shape index (κ1) is 25.2. The van der Waals surface area contributed by atoms with E-state index in [0.717, 1.165) is 15.9 Å². The molecule has 0 radical (unpaired) electrons. The number of aryl methyl sites for hydroxylation is 1. The van der Waals surface area contributed by atoms with E-state index in [9.17, 15) is 9.59 Å². The van der Waals surface area contributed by atoms with Crippen LogP contribution >= 0.6 is 11.3 Å². The van der Waals surface area contributed by atoms with Crippen LogP contribution < -0.4 is 10.2 Å². The first-order valence-corrected chi connectivity index (χ1v) is 12.3. The van der Waals surface area contributed by atoms with Crippen LogP contribution in [-0.2, 0) is 16.1 Å². The minimum Gasteiger partial charge on any atom is -0.349 e. The zero-order valence-electron chi connectivity index (χ0n) is 20.5. The van der Waals surface area contributed by atoms with Gasteiger partial charge in [-0.3, -0.25) is 14.5 Å². The molecule has 4 rings (SSSR count). The number of halogens is 1. The van der Waals surface area contributed by atoms with Crippen LogP contribution in [0.15, 0.2) is 66.0 Å². The molecule has 0 bridgehead atoms. The second kappa shape index (κ2) is 10.4. The van der Waals surface area contributed by atoms with Gasteiger partial charge in [-0.05, 0) is 56.5 Å². The Bertz CT molecular complexity index is 1350. The van der Waals surface area contributed by atoms with Crippen molar-refractivity contribution in [2.75, 3.05) is 4.90 Å². The summed E-state index contributed by atoms with van der Waals surface area (Å²) in [7, 11) is 0. The van der Waals surface area contributed by atoms with Gasteiger partial charge in [-0.1, -0.05) is 48.0 Å². The number of tetrazole rings is 1. The Morgan fingerprint density at radius 2 is 1.81 bits per heavy atom. The highest BCUT2D eigenvalue weighted by molar-refractivity contribution is 7.10. The summed E-state index contributed by atoms with van der Waals surface area (Å²) in [6.07, 6.45) is 0. The van der Waals surface area contributed by atoms with Crippen LogP contribution in [0, 0.1) is 12.7 Å². The summed E-state index contributed by atoms with van der Waals surface area (Å²) >= 11 is 1.31. The molecule has 0 aliphatic carbocycles. The Morgan fingerprint density at radius 3 is 2.44 bits per heavy atom. The molecule has 2 heterocycles. The van der Waals surface area contributed by atoms with Crippen LogP contribution in [0.5, 0.6) is 0 Å². The maximum Gasteiger partial charge on any atom is 0.251 e. The highest BCUT2D eigenvalue weighted by Crippen LogP contribution is 2.33. The standard InChI is InChI=1S/C26H27FN6O2S/c1-17-11-13-18(14-12-17)24-29-31-32(30-24)16-22(34)33(20-9-6-5-8-19(20)27)23(21-10-7-15-36-21)25(35)28-26(2,3)4/h5-15,23H,16H2,1-4H3,(H,28,35)/t23-/m0/s1. The monoisotopic (exact) mass is 506 g/mol. The number of hydrogen-bond acceptors (Lipinski definition) is 6. The summed E-state index contributed by atoms with van der Waals surface area (Å²) in [5.74, 6) is -1.24. The topological polar surface area (TPSA) is 93.0 Å². The van der Waals surface area contributed by atoms with Crippen LogP contribution in [0.1, 0.15) is 37.3 Å². The number of nitrogens with zero attached hydrogens (tertiary/aromatic N) is 5. The summed E-state index contributed by atoms with van der Waals surface area (Å²) < 4.78 is 15.0. The maximum absolute atomic E-state index is 15.0. The SMILES string of the molecule is Cc1ccc(-c2nnn(CC(=O)N(c3ccccc3F)[C@H](C(=O)NC(C)(C)C)c3cccs3)n2)cc1. The zero-order valence-corrected chi connectivity index (χ0v) is 21.3. The average Bonchev–Trinajstić information content (AvgIpc) is 3.50. The summed E-state index contributed by atoms with van der Waals surface area (Å²) in [6, 6.07) is 15.9. The predicted octanol–water partition coefficient (Wildman–Crippen LogP) is 4.54. The lowest BCUT2D eigenvalue weighted by molar-refractivity contribution is -0.128. The van der Waals surface area contributed by atoms with Gasteiger partial charge in [-0.25, -0.2) is 4.39 Å². The molecule has 0 fully saturated rings. The zero-order chi connectivity index (χ0) is 25.9. The van der Waals surface area contributed by atoms with Gasteiger partial charge in [0.2, 0.25) is 11.7 Å². The number of carbonyl (C=O) groups excluding carboxylic acids is 2. The normalized spacial score (nSPS) is 12.2. The van der Waals surface area contributed by atoms with Gasteiger partial charge < -0.3 is 5.32 Å². The Labute approximate surface area is 212 Å². The maximum atomic E-state index is 15.0. The molecule has 2 amide bonds. The second-order valence-corrected chi connectivity index (χ2v) is 10.4. The molecule has 0 saturated carbocycles. The Hall–Kier alpha value is -3.92. The third kappa shape index (κ3) is 5.83. The van der Waals surface area contributed by atoms with Crippen LogP contribution in [0.2, 0.25) is 0 Å². The summed E-state index contributed by atoms with van der Waals surface area (Å²) in [6.45, 7) is 7.18. The molecule has 2 aromatic heterocycles. The molecule has 4 aromatic rings. The molecule has 0 aliphatic rings. The number of aromatic nitrogens is 4. The molecule has 0 spiro atoms. The molecule has 186 valence electrons. The third-order valence-electron chi connectivity index (χ3n) is 5.24. The molecule has 10 heteroatoms. The summed E-state index contributed by atoms with van der Waals surface area (Å²) in [5.41, 5.74) is 1.28. The minimum absolute atomic E-state index is 0.0103. The van der Waals surface area contributed by atoms with E-state index < -0.39 is 29.2 Å². The van der Waals surface area contributed by atoms with E-state index in [1.165, 1.54) is 34.4 Å². The lowest BCUT2D eigenvalue weighted by Crippen LogP contribution is -2.50. The highest BCUT2D eigenvalue weighted by Gasteiger charge is 2.36. The number of rotatable bonds is 7. The lowest BCUT2D eigenvalue weighted by atomic mass is 10.1. The van der Waals surface area contributed by atoms with Crippen molar-refractivity contribution in [1.29, 1.82) is 0 Å². The van der Waals surface area contributed by atoms with E-state index >= 15 is 4.39 Å². The Kier molecular flexibility index (Phi) is 7.25. The number of benzene rings is 2. The number of thiophene rings is 1. The molecule has 0 saturated heterocycles. The van der Waals surface area contributed by atoms with Crippen LogP contribution in [-0.4, -0.2) is 37.6 Å². The smallest absolute Gasteiger partial charge is 0.251 e. The number of anilines is 1. The van der Waals surface area contributed by atoms with E-state index in [0.29, 0.717) is 10.7 Å². The van der Waals surface area contributed by atoms with Crippen LogP contribution in [0.3, 0.4) is 0 Å². The Balaban J connectivity index is 1.71. The molecule has 0 unspecified atom stereocenters. The van der Waals surface area contributed by atoms with Gasteiger partial charge in [0.1, 0.15) is 18.4 Å². The third-order valence-corrected chi connectivity index (χ3v) is 6.16. The van der Waals surface area contributed by atoms with Crippen molar-refractivity contribution in [2.45, 2.75) is 45.8 Å². The van der Waals surface area contributed by atoms with Crippen molar-refractivity contribution in [1.82, 2.24) is 25.5 Å². The minimum atomic E-state index is -1.09. The lowest BCUT2D eigenvalue weighted by Gasteiger charge is -2.33. The molecule has 8 nitrogen and oxygen atoms in total. The van der Waals surface area contributed by atoms with Gasteiger partial charge in [0, 0.05) is 16.0 Å². The molecule has 0 aliphatic heterocycles. The van der Waals surface area contributed by atoms with Crippen molar-refractivity contribution in [3.8, 4) is 11.4 Å². The first-order valence-electron chi connectivity index (χ1n) is 11.4. The fourth-order valence-electron chi connectivity index (χ4n) is 3.65. The fourth-order valence-corrected chi connectivity index (χ4v) is 4.46. The van der Waals surface area contributed by atoms with Gasteiger partial charge in [-0.2, -0.15) is 4.80 Å². The number of amides is 2. The second-order valence-electron chi connectivity index (χ2n) is 9.38. The van der Waals surface area contributed by atoms with Crippen molar-refractivity contribution in [3.05, 3.63) is 82.3 Å².